The normalized spacial score (nSPS) is 5.36. The van der Waals surface area contributed by atoms with Crippen LogP contribution in [0.4, 0.5) is 0 Å². The molecule has 0 aromatic heterocycles. The van der Waals surface area contributed by atoms with E-state index in [4.69, 9.17) is 19.2 Å². The van der Waals surface area contributed by atoms with Crippen molar-refractivity contribution in [2.45, 2.75) is 0 Å². The number of hydrogen-bond acceptors (Lipinski definition) is 1. The third-order valence-electron chi connectivity index (χ3n) is 0. The molecule has 5 nitrogen and oxygen atoms in total. The van der Waals surface area contributed by atoms with Crippen molar-refractivity contribution in [1.82, 2.24) is 0 Å². The first-order chi connectivity index (χ1) is 2.00. The summed E-state index contributed by atoms with van der Waals surface area (Å²) >= 11 is 0. The quantitative estimate of drug-likeness (QED) is 0.281. The van der Waals surface area contributed by atoms with Crippen molar-refractivity contribution in [3.8, 4) is 0 Å². The van der Waals surface area contributed by atoms with Crippen molar-refractivity contribution < 1.29 is 64.6 Å². The molecule has 0 aliphatic rings. The molecule has 0 rings (SSSR count). The first-order valence-corrected chi connectivity index (χ1v) is 2.35. The van der Waals surface area contributed by atoms with Crippen LogP contribution in [0.1, 0.15) is 5.71 Å². The zero-order chi connectivity index (χ0) is 4.50. The van der Waals surface area contributed by atoms with Crippen molar-refractivity contribution >= 4 is 97.1 Å². The Labute approximate surface area is 159 Å². The fourth-order valence-electron chi connectivity index (χ4n) is 0. The van der Waals surface area contributed by atoms with Gasteiger partial charge in [-0.05, 0) is 0 Å². The van der Waals surface area contributed by atoms with Gasteiger partial charge in [0.1, 0.15) is 0 Å². The second-order valence-electron chi connectivity index (χ2n) is 0.513. The predicted octanol–water partition coefficient (Wildman–Crippen LogP) is -3.25. The van der Waals surface area contributed by atoms with Crippen LogP contribution in [-0.4, -0.2) is 109 Å². The zero-order valence-electron chi connectivity index (χ0n) is 8.84. The van der Waals surface area contributed by atoms with Crippen LogP contribution in [0.5, 0.6) is 0 Å². The van der Waals surface area contributed by atoms with E-state index in [1.54, 1.807) is 0 Å². The molecular formula is H12AlBaFeMgMnO5P. The summed E-state index contributed by atoms with van der Waals surface area (Å²) in [5, 5.41) is 0. The topological polar surface area (TPSA) is 109 Å². The van der Waals surface area contributed by atoms with Gasteiger partial charge in [-0.2, -0.15) is 0 Å². The minimum absolute atomic E-state index is 0. The number of phosphoric acid groups is 1. The Kier molecular flexibility index (Phi) is 98.8. The molecule has 0 aliphatic heterocycles. The first-order valence-electron chi connectivity index (χ1n) is 0.783. The van der Waals surface area contributed by atoms with Gasteiger partial charge >= 0.3 is 79.8 Å². The van der Waals surface area contributed by atoms with Gasteiger partial charge in [-0.15, -0.1) is 0 Å². The molecule has 0 unspecified atom stereocenters. The number of rotatable bonds is 0. The van der Waals surface area contributed by atoms with Gasteiger partial charge in [0.15, 0.2) is 17.4 Å². The summed E-state index contributed by atoms with van der Waals surface area (Å²) in [5.41, 5.74) is 0. The molecule has 11 heteroatoms. The molecule has 11 heavy (non-hydrogen) atoms. The van der Waals surface area contributed by atoms with E-state index in [-0.39, 0.29) is 135 Å². The summed E-state index contributed by atoms with van der Waals surface area (Å²) in [5.74, 6) is 0. The van der Waals surface area contributed by atoms with Crippen molar-refractivity contribution in [3.05, 3.63) is 0 Å². The molecule has 0 heterocycles. The third kappa shape index (κ3) is 127. The van der Waals surface area contributed by atoms with Crippen LogP contribution in [0.2, 0.25) is 0 Å². The maximum atomic E-state index is 8.88. The molecule has 0 aromatic rings. The van der Waals surface area contributed by atoms with Gasteiger partial charge in [0.25, 0.3) is 0 Å². The van der Waals surface area contributed by atoms with Crippen LogP contribution in [0.25, 0.3) is 0 Å². The second-order valence-corrected chi connectivity index (χ2v) is 1.54. The predicted molar refractivity (Wildman–Crippen MR) is 43.8 cm³/mol. The van der Waals surface area contributed by atoms with Crippen LogP contribution in [-0.2, 0) is 38.7 Å². The van der Waals surface area contributed by atoms with Crippen molar-refractivity contribution in [2.24, 2.45) is 0 Å². The Balaban J connectivity index is -0.00000000178. The maximum absolute atomic E-state index is 8.88. The SMILES string of the molecule is O.O=P(O)(O)O.[AlH3].[Ba+2].[Fe].[H-].[H-].[H-].[H-].[Mg+2].[Mn]. The molecule has 0 amide bonds. The van der Waals surface area contributed by atoms with Gasteiger partial charge in [-0.3, -0.25) is 0 Å². The maximum Gasteiger partial charge on any atom is 2.00 e. The smallest absolute Gasteiger partial charge is 1.00 e. The minimum Gasteiger partial charge on any atom is -1.00 e. The second kappa shape index (κ2) is 23.6. The van der Waals surface area contributed by atoms with Crippen LogP contribution >= 0.6 is 7.82 Å². The van der Waals surface area contributed by atoms with E-state index in [1.807, 2.05) is 0 Å². The minimum atomic E-state index is -4.64. The van der Waals surface area contributed by atoms with E-state index in [1.165, 1.54) is 0 Å². The van der Waals surface area contributed by atoms with Gasteiger partial charge in [0.05, 0.1) is 0 Å². The average Bonchev–Trinajstić information content (AvgIpc) is 0.722. The monoisotopic (exact) mass is 423 g/mol. The van der Waals surface area contributed by atoms with Crippen molar-refractivity contribution in [1.29, 1.82) is 0 Å². The summed E-state index contributed by atoms with van der Waals surface area (Å²) in [6, 6.07) is 0. The Morgan fingerprint density at radius 2 is 1.18 bits per heavy atom. The molecule has 0 aromatic carbocycles. The molecule has 0 fully saturated rings. The van der Waals surface area contributed by atoms with Crippen LogP contribution < -0.4 is 0 Å². The summed E-state index contributed by atoms with van der Waals surface area (Å²) in [6.45, 7) is 0. The van der Waals surface area contributed by atoms with Crippen LogP contribution in [0, 0.1) is 0 Å². The van der Waals surface area contributed by atoms with E-state index >= 15 is 0 Å². The van der Waals surface area contributed by atoms with Gasteiger partial charge in [0, 0.05) is 34.1 Å². The molecule has 0 aliphatic carbocycles. The standard InChI is InChI=1S/Al.Ba.Fe.Mg.Mn.H3O4P.H2O.7H/c;;;;;1-5(2,3)4;;;;;;;;/h;;;;;(H3,1,2,3,4);1H2;;;;;;;/q;+2;;+2;;;;;;;4*-1. The van der Waals surface area contributed by atoms with Gasteiger partial charge in [-0.25, -0.2) is 4.57 Å². The van der Waals surface area contributed by atoms with E-state index in [2.05, 4.69) is 0 Å². The van der Waals surface area contributed by atoms with E-state index in [0.717, 1.165) is 0 Å². The van der Waals surface area contributed by atoms with Gasteiger partial charge in [0.2, 0.25) is 0 Å². The zero-order valence-corrected chi connectivity index (χ0v) is 13.9. The fourth-order valence-corrected chi connectivity index (χ4v) is 0. The van der Waals surface area contributed by atoms with Gasteiger partial charge < -0.3 is 25.9 Å². The summed E-state index contributed by atoms with van der Waals surface area (Å²) in [6.07, 6.45) is 0. The molecule has 5 N–H and O–H groups in total. The summed E-state index contributed by atoms with van der Waals surface area (Å²) in [4.78, 5) is 21.6. The Bertz CT molecular complexity index is 85.2. The Morgan fingerprint density at radius 1 is 1.18 bits per heavy atom. The summed E-state index contributed by atoms with van der Waals surface area (Å²) in [7, 11) is -4.64. The molecule has 69 valence electrons. The fraction of sp³-hybridized carbons (Fsp3) is 0. The Morgan fingerprint density at radius 3 is 1.18 bits per heavy atom. The van der Waals surface area contributed by atoms with Crippen LogP contribution in [0.15, 0.2) is 0 Å². The van der Waals surface area contributed by atoms with Gasteiger partial charge in [-0.1, -0.05) is 0 Å². The van der Waals surface area contributed by atoms with Crippen molar-refractivity contribution in [3.63, 3.8) is 0 Å². The molecular weight excluding hydrogens is 410 g/mol. The summed E-state index contributed by atoms with van der Waals surface area (Å²) < 4.78 is 8.88. The number of hydrogen-bond donors (Lipinski definition) is 3. The molecule has 0 bridgehead atoms. The molecule has 0 saturated carbocycles. The molecule has 0 saturated heterocycles. The van der Waals surface area contributed by atoms with E-state index < -0.39 is 7.82 Å². The average molecular weight is 422 g/mol. The van der Waals surface area contributed by atoms with Crippen LogP contribution in [0.3, 0.4) is 0 Å². The molecule has 0 spiro atoms. The molecule has 0 atom stereocenters. The van der Waals surface area contributed by atoms with Crippen molar-refractivity contribution in [2.75, 3.05) is 0 Å². The van der Waals surface area contributed by atoms with E-state index in [9.17, 15) is 0 Å². The Hall–Kier alpha value is 3.98. The molecule has 1 radical (unpaired) electrons. The largest absolute Gasteiger partial charge is 2.00 e. The first kappa shape index (κ1) is 46.0. The third-order valence-corrected chi connectivity index (χ3v) is 0. The van der Waals surface area contributed by atoms with E-state index in [0.29, 0.717) is 0 Å².